The minimum absolute atomic E-state index is 0.00756. The van der Waals surface area contributed by atoms with Crippen LogP contribution in [0.2, 0.25) is 0 Å². The van der Waals surface area contributed by atoms with Crippen LogP contribution in [-0.4, -0.2) is 28.3 Å². The van der Waals surface area contributed by atoms with Gasteiger partial charge in [0, 0.05) is 23.8 Å². The van der Waals surface area contributed by atoms with Gasteiger partial charge in [0.05, 0.1) is 0 Å². The first-order valence-corrected chi connectivity index (χ1v) is 8.55. The molecule has 0 bridgehead atoms. The van der Waals surface area contributed by atoms with E-state index in [-0.39, 0.29) is 17.8 Å². The summed E-state index contributed by atoms with van der Waals surface area (Å²) in [6.45, 7) is 0.437. The van der Waals surface area contributed by atoms with Crippen LogP contribution in [0.4, 0.5) is 4.39 Å². The molecule has 1 heterocycles. The third-order valence-electron chi connectivity index (χ3n) is 4.99. The van der Waals surface area contributed by atoms with E-state index < -0.39 is 0 Å². The van der Waals surface area contributed by atoms with Gasteiger partial charge in [0.25, 0.3) is 5.91 Å². The lowest BCUT2D eigenvalue weighted by Gasteiger charge is -2.15. The van der Waals surface area contributed by atoms with Crippen LogP contribution in [0.5, 0.6) is 0 Å². The second-order valence-electron chi connectivity index (χ2n) is 6.64. The average Bonchev–Trinajstić information content (AvgIpc) is 3.20. The zero-order valence-electron chi connectivity index (χ0n) is 13.5. The van der Waals surface area contributed by atoms with E-state index in [1.165, 1.54) is 6.07 Å². The van der Waals surface area contributed by atoms with Gasteiger partial charge in [-0.25, -0.2) is 9.07 Å². The minimum Gasteiger partial charge on any atom is -0.346 e. The highest BCUT2D eigenvalue weighted by atomic mass is 19.1. The number of amides is 1. The number of nitrogens with one attached hydrogen (secondary N) is 1. The summed E-state index contributed by atoms with van der Waals surface area (Å²) in [6.07, 6.45) is 4.81. The molecule has 1 saturated carbocycles. The second-order valence-corrected chi connectivity index (χ2v) is 6.64. The molecule has 3 N–H and O–H groups in total. The van der Waals surface area contributed by atoms with E-state index in [1.54, 1.807) is 22.9 Å². The normalized spacial score (nSPS) is 17.6. The first-order chi connectivity index (χ1) is 11.7. The van der Waals surface area contributed by atoms with Crippen LogP contribution in [0.25, 0.3) is 5.69 Å². The number of para-hydroxylation sites is 1. The lowest BCUT2D eigenvalue weighted by atomic mass is 10.1. The highest BCUT2D eigenvalue weighted by Gasteiger charge is 2.34. The van der Waals surface area contributed by atoms with Crippen molar-refractivity contribution in [2.24, 2.45) is 11.7 Å². The van der Waals surface area contributed by atoms with Crippen molar-refractivity contribution in [3.8, 4) is 5.69 Å². The quantitative estimate of drug-likeness (QED) is 0.881. The molecule has 2 aliphatic carbocycles. The molecular formula is C18H21FN4O. The number of fused-ring (bicyclic) bond motifs is 1. The highest BCUT2D eigenvalue weighted by molar-refractivity contribution is 5.94. The van der Waals surface area contributed by atoms with Gasteiger partial charge in [-0.05, 0) is 50.2 Å². The number of benzene rings is 1. The number of carbonyl (C=O) groups excluding carboxylic acids is 1. The predicted octanol–water partition coefficient (Wildman–Crippen LogP) is 1.97. The van der Waals surface area contributed by atoms with Crippen LogP contribution < -0.4 is 11.1 Å². The number of nitrogens with two attached hydrogens (primary N) is 1. The highest BCUT2D eigenvalue weighted by Crippen LogP contribution is 2.33. The van der Waals surface area contributed by atoms with Gasteiger partial charge in [-0.3, -0.25) is 4.79 Å². The maximum absolute atomic E-state index is 14.2. The molecule has 0 radical (unpaired) electrons. The van der Waals surface area contributed by atoms with Crippen molar-refractivity contribution in [1.29, 1.82) is 0 Å². The van der Waals surface area contributed by atoms with Crippen molar-refractivity contribution >= 4 is 5.91 Å². The SMILES string of the molecule is NCC(NC(=O)c1nn(-c2ccccc2F)c2c1CCC2)C1CC1. The number of carbonyl (C=O) groups is 1. The molecule has 1 atom stereocenters. The fourth-order valence-electron chi connectivity index (χ4n) is 3.55. The fourth-order valence-corrected chi connectivity index (χ4v) is 3.55. The Labute approximate surface area is 140 Å². The Balaban J connectivity index is 1.68. The fraction of sp³-hybridized carbons (Fsp3) is 0.444. The van der Waals surface area contributed by atoms with Crippen LogP contribution in [0.1, 0.15) is 41.0 Å². The summed E-state index contributed by atoms with van der Waals surface area (Å²) in [5, 5.41) is 7.47. The van der Waals surface area contributed by atoms with E-state index in [2.05, 4.69) is 10.4 Å². The zero-order chi connectivity index (χ0) is 16.7. The van der Waals surface area contributed by atoms with E-state index in [1.807, 2.05) is 0 Å². The van der Waals surface area contributed by atoms with Crippen LogP contribution in [-0.2, 0) is 12.8 Å². The molecule has 1 aromatic heterocycles. The number of halogens is 1. The predicted molar refractivity (Wildman–Crippen MR) is 88.6 cm³/mol. The van der Waals surface area contributed by atoms with E-state index >= 15 is 0 Å². The van der Waals surface area contributed by atoms with E-state index in [0.717, 1.165) is 43.4 Å². The zero-order valence-corrected chi connectivity index (χ0v) is 13.5. The molecule has 1 unspecified atom stereocenters. The van der Waals surface area contributed by atoms with Crippen molar-refractivity contribution < 1.29 is 9.18 Å². The van der Waals surface area contributed by atoms with E-state index in [9.17, 15) is 9.18 Å². The lowest BCUT2D eigenvalue weighted by molar-refractivity contribution is 0.0927. The topological polar surface area (TPSA) is 72.9 Å². The van der Waals surface area contributed by atoms with Crippen LogP contribution in [0.3, 0.4) is 0 Å². The van der Waals surface area contributed by atoms with Crippen molar-refractivity contribution in [2.75, 3.05) is 6.54 Å². The van der Waals surface area contributed by atoms with Gasteiger partial charge in [0.15, 0.2) is 5.69 Å². The summed E-state index contributed by atoms with van der Waals surface area (Å²) in [5.41, 5.74) is 8.49. The molecule has 2 aliphatic rings. The molecule has 4 rings (SSSR count). The Bertz CT molecular complexity index is 781. The van der Waals surface area contributed by atoms with Gasteiger partial charge in [-0.2, -0.15) is 5.10 Å². The van der Waals surface area contributed by atoms with E-state index in [0.29, 0.717) is 23.8 Å². The molecule has 5 nitrogen and oxygen atoms in total. The van der Waals surface area contributed by atoms with Crippen LogP contribution >= 0.6 is 0 Å². The minimum atomic E-state index is -0.334. The summed E-state index contributed by atoms with van der Waals surface area (Å²) >= 11 is 0. The number of rotatable bonds is 5. The summed E-state index contributed by atoms with van der Waals surface area (Å²) in [5.74, 6) is -0.0364. The lowest BCUT2D eigenvalue weighted by Crippen LogP contribution is -2.42. The maximum Gasteiger partial charge on any atom is 0.272 e. The Morgan fingerprint density at radius 2 is 2.17 bits per heavy atom. The summed E-state index contributed by atoms with van der Waals surface area (Å²) in [6, 6.07) is 6.54. The first kappa shape index (κ1) is 15.3. The van der Waals surface area contributed by atoms with Crippen LogP contribution in [0.15, 0.2) is 24.3 Å². The van der Waals surface area contributed by atoms with Gasteiger partial charge < -0.3 is 11.1 Å². The largest absolute Gasteiger partial charge is 0.346 e. The molecule has 0 aliphatic heterocycles. The number of hydrogen-bond acceptors (Lipinski definition) is 3. The Hall–Kier alpha value is -2.21. The Morgan fingerprint density at radius 3 is 2.88 bits per heavy atom. The van der Waals surface area contributed by atoms with Gasteiger partial charge in [0.1, 0.15) is 11.5 Å². The van der Waals surface area contributed by atoms with Gasteiger partial charge >= 0.3 is 0 Å². The van der Waals surface area contributed by atoms with Crippen molar-refractivity contribution in [2.45, 2.75) is 38.1 Å². The molecule has 0 saturated heterocycles. The van der Waals surface area contributed by atoms with Crippen LogP contribution in [0, 0.1) is 11.7 Å². The molecule has 6 heteroatoms. The third kappa shape index (κ3) is 2.60. The first-order valence-electron chi connectivity index (χ1n) is 8.55. The Kier molecular flexibility index (Phi) is 3.84. The average molecular weight is 328 g/mol. The van der Waals surface area contributed by atoms with Crippen molar-refractivity contribution in [3.63, 3.8) is 0 Å². The second kappa shape index (κ2) is 6.02. The molecule has 1 aromatic carbocycles. The summed E-state index contributed by atoms with van der Waals surface area (Å²) in [7, 11) is 0. The Morgan fingerprint density at radius 1 is 1.38 bits per heavy atom. The summed E-state index contributed by atoms with van der Waals surface area (Å²) in [4.78, 5) is 12.7. The van der Waals surface area contributed by atoms with Crippen molar-refractivity contribution in [3.05, 3.63) is 47.0 Å². The molecular weight excluding hydrogens is 307 g/mol. The monoisotopic (exact) mass is 328 g/mol. The molecule has 1 amide bonds. The number of nitrogens with zero attached hydrogens (tertiary/aromatic N) is 2. The number of aromatic nitrogens is 2. The summed E-state index contributed by atoms with van der Waals surface area (Å²) < 4.78 is 15.8. The number of hydrogen-bond donors (Lipinski definition) is 2. The standard InChI is InChI=1S/C18H21FN4O/c19-13-5-1-2-6-16(13)23-15-7-3-4-12(15)17(22-23)18(24)21-14(10-20)11-8-9-11/h1-2,5-6,11,14H,3-4,7-10,20H2,(H,21,24). The maximum atomic E-state index is 14.2. The van der Waals surface area contributed by atoms with Gasteiger partial charge in [-0.15, -0.1) is 0 Å². The van der Waals surface area contributed by atoms with Gasteiger partial charge in [-0.1, -0.05) is 12.1 Å². The molecule has 2 aromatic rings. The third-order valence-corrected chi connectivity index (χ3v) is 4.99. The molecule has 24 heavy (non-hydrogen) atoms. The molecule has 126 valence electrons. The van der Waals surface area contributed by atoms with E-state index in [4.69, 9.17) is 5.73 Å². The smallest absolute Gasteiger partial charge is 0.272 e. The molecule has 1 fully saturated rings. The molecule has 0 spiro atoms. The van der Waals surface area contributed by atoms with Gasteiger partial charge in [0.2, 0.25) is 0 Å². The van der Waals surface area contributed by atoms with Crippen molar-refractivity contribution in [1.82, 2.24) is 15.1 Å².